The predicted octanol–water partition coefficient (Wildman–Crippen LogP) is 4.35. The average molecular weight is 284 g/mol. The molecular formula is C14H15ClFNS. The van der Waals surface area contributed by atoms with Crippen molar-refractivity contribution in [2.75, 3.05) is 7.05 Å². The van der Waals surface area contributed by atoms with Gasteiger partial charge in [0.15, 0.2) is 0 Å². The summed E-state index contributed by atoms with van der Waals surface area (Å²) in [7, 11) is 1.90. The van der Waals surface area contributed by atoms with Crippen LogP contribution < -0.4 is 5.32 Å². The molecule has 0 spiro atoms. The molecule has 0 aliphatic rings. The topological polar surface area (TPSA) is 12.0 Å². The minimum atomic E-state index is -0.311. The monoisotopic (exact) mass is 283 g/mol. The van der Waals surface area contributed by atoms with E-state index in [1.165, 1.54) is 10.4 Å². The molecule has 0 radical (unpaired) electrons. The van der Waals surface area contributed by atoms with E-state index >= 15 is 0 Å². The summed E-state index contributed by atoms with van der Waals surface area (Å²) in [5.74, 6) is -0.311. The first-order chi connectivity index (χ1) is 8.63. The maximum absolute atomic E-state index is 13.9. The van der Waals surface area contributed by atoms with Gasteiger partial charge in [0.25, 0.3) is 0 Å². The molecule has 1 aromatic heterocycles. The van der Waals surface area contributed by atoms with Gasteiger partial charge in [-0.25, -0.2) is 4.39 Å². The Bertz CT molecular complexity index is 538. The third kappa shape index (κ3) is 2.74. The summed E-state index contributed by atoms with van der Waals surface area (Å²) in [5, 5.41) is 5.49. The second-order valence-electron chi connectivity index (χ2n) is 4.23. The summed E-state index contributed by atoms with van der Waals surface area (Å²) in [6.45, 7) is 2.07. The number of benzene rings is 1. The number of thiophene rings is 1. The molecule has 0 saturated heterocycles. The van der Waals surface area contributed by atoms with Gasteiger partial charge in [-0.3, -0.25) is 0 Å². The first-order valence-corrected chi connectivity index (χ1v) is 7.03. The summed E-state index contributed by atoms with van der Waals surface area (Å²) in [4.78, 5) is 1.25. The molecule has 2 rings (SSSR count). The highest BCUT2D eigenvalue weighted by Gasteiger charge is 2.16. The molecule has 1 unspecified atom stereocenters. The highest BCUT2D eigenvalue weighted by atomic mass is 35.5. The van der Waals surface area contributed by atoms with Crippen LogP contribution in [0, 0.1) is 12.7 Å². The van der Waals surface area contributed by atoms with Crippen LogP contribution in [0.1, 0.15) is 22.0 Å². The molecule has 1 heterocycles. The first-order valence-electron chi connectivity index (χ1n) is 5.77. The third-order valence-corrected chi connectivity index (χ3v) is 4.45. The van der Waals surface area contributed by atoms with Crippen molar-refractivity contribution in [3.63, 3.8) is 0 Å². The van der Waals surface area contributed by atoms with Crippen molar-refractivity contribution in [3.8, 4) is 0 Å². The highest BCUT2D eigenvalue weighted by molar-refractivity contribution is 7.10. The van der Waals surface area contributed by atoms with Gasteiger partial charge in [-0.05, 0) is 49.0 Å². The Morgan fingerprint density at radius 3 is 2.78 bits per heavy atom. The van der Waals surface area contributed by atoms with E-state index < -0.39 is 0 Å². The van der Waals surface area contributed by atoms with Crippen LogP contribution in [0.25, 0.3) is 0 Å². The van der Waals surface area contributed by atoms with Crippen LogP contribution in [0.4, 0.5) is 4.39 Å². The quantitative estimate of drug-likeness (QED) is 0.879. The van der Waals surface area contributed by atoms with Gasteiger partial charge < -0.3 is 5.32 Å². The maximum atomic E-state index is 13.9. The lowest BCUT2D eigenvalue weighted by atomic mass is 10.0. The fourth-order valence-electron chi connectivity index (χ4n) is 1.99. The minimum Gasteiger partial charge on any atom is -0.312 e. The van der Waals surface area contributed by atoms with Gasteiger partial charge in [0.2, 0.25) is 0 Å². The molecular weight excluding hydrogens is 269 g/mol. The summed E-state index contributed by atoms with van der Waals surface area (Å²) in [6, 6.07) is 7.35. The normalized spacial score (nSPS) is 12.7. The molecule has 0 saturated carbocycles. The zero-order valence-corrected chi connectivity index (χ0v) is 11.9. The van der Waals surface area contributed by atoms with E-state index in [4.69, 9.17) is 11.6 Å². The highest BCUT2D eigenvalue weighted by Crippen LogP contribution is 2.28. The number of rotatable bonds is 4. The van der Waals surface area contributed by atoms with Gasteiger partial charge in [-0.1, -0.05) is 23.7 Å². The molecule has 0 aliphatic carbocycles. The first kappa shape index (κ1) is 13.5. The van der Waals surface area contributed by atoms with E-state index in [0.29, 0.717) is 12.0 Å². The number of hydrogen-bond acceptors (Lipinski definition) is 2. The van der Waals surface area contributed by atoms with Crippen molar-refractivity contribution in [2.24, 2.45) is 0 Å². The van der Waals surface area contributed by atoms with Gasteiger partial charge in [-0.15, -0.1) is 11.3 Å². The van der Waals surface area contributed by atoms with Crippen molar-refractivity contribution in [1.82, 2.24) is 5.32 Å². The van der Waals surface area contributed by atoms with Gasteiger partial charge in [-0.2, -0.15) is 0 Å². The number of hydrogen-bond donors (Lipinski definition) is 1. The lowest BCUT2D eigenvalue weighted by molar-refractivity contribution is 0.559. The second kappa shape index (κ2) is 5.83. The van der Waals surface area contributed by atoms with E-state index in [9.17, 15) is 4.39 Å². The molecule has 1 nitrogen and oxygen atoms in total. The van der Waals surface area contributed by atoms with Crippen LogP contribution in [-0.4, -0.2) is 7.05 Å². The molecule has 0 fully saturated rings. The molecule has 0 bridgehead atoms. The van der Waals surface area contributed by atoms with E-state index in [2.05, 4.69) is 23.7 Å². The average Bonchev–Trinajstić information content (AvgIpc) is 2.77. The van der Waals surface area contributed by atoms with E-state index in [1.807, 2.05) is 7.05 Å². The molecule has 18 heavy (non-hydrogen) atoms. The summed E-state index contributed by atoms with van der Waals surface area (Å²) in [6.07, 6.45) is 0.601. The maximum Gasteiger partial charge on any atom is 0.145 e. The van der Waals surface area contributed by atoms with Crippen molar-refractivity contribution in [3.05, 3.63) is 56.5 Å². The van der Waals surface area contributed by atoms with Gasteiger partial charge in [0.05, 0.1) is 5.02 Å². The number of nitrogens with one attached hydrogen (secondary N) is 1. The summed E-state index contributed by atoms with van der Waals surface area (Å²) < 4.78 is 13.9. The van der Waals surface area contributed by atoms with Crippen LogP contribution in [-0.2, 0) is 6.42 Å². The van der Waals surface area contributed by atoms with Crippen LogP contribution in [0.3, 0.4) is 0 Å². The smallest absolute Gasteiger partial charge is 0.145 e. The van der Waals surface area contributed by atoms with Crippen LogP contribution in [0.15, 0.2) is 29.6 Å². The van der Waals surface area contributed by atoms with Crippen molar-refractivity contribution < 1.29 is 4.39 Å². The van der Waals surface area contributed by atoms with Crippen molar-refractivity contribution in [1.29, 1.82) is 0 Å². The van der Waals surface area contributed by atoms with Crippen LogP contribution in [0.5, 0.6) is 0 Å². The molecule has 1 aromatic carbocycles. The molecule has 96 valence electrons. The Hall–Kier alpha value is -0.900. The molecule has 2 aromatic rings. The molecule has 0 amide bonds. The van der Waals surface area contributed by atoms with E-state index in [-0.39, 0.29) is 16.9 Å². The molecule has 4 heteroatoms. The van der Waals surface area contributed by atoms with Crippen molar-refractivity contribution >= 4 is 22.9 Å². The van der Waals surface area contributed by atoms with Crippen LogP contribution >= 0.6 is 22.9 Å². The largest absolute Gasteiger partial charge is 0.312 e. The Balaban J connectivity index is 2.26. The van der Waals surface area contributed by atoms with Gasteiger partial charge in [0.1, 0.15) is 5.82 Å². The fraction of sp³-hybridized carbons (Fsp3) is 0.286. The van der Waals surface area contributed by atoms with Crippen molar-refractivity contribution in [2.45, 2.75) is 19.4 Å². The lowest BCUT2D eigenvalue weighted by Crippen LogP contribution is -2.19. The zero-order chi connectivity index (χ0) is 13.1. The Morgan fingerprint density at radius 2 is 2.17 bits per heavy atom. The number of likely N-dealkylation sites (N-methyl/N-ethyl adjacent to an activating group) is 1. The molecule has 1 atom stereocenters. The summed E-state index contributed by atoms with van der Waals surface area (Å²) in [5.41, 5.74) is 1.89. The van der Waals surface area contributed by atoms with Gasteiger partial charge in [0, 0.05) is 10.9 Å². The zero-order valence-electron chi connectivity index (χ0n) is 10.3. The molecule has 1 N–H and O–H groups in total. The summed E-state index contributed by atoms with van der Waals surface area (Å²) >= 11 is 7.50. The number of aryl methyl sites for hydroxylation is 1. The van der Waals surface area contributed by atoms with Gasteiger partial charge >= 0.3 is 0 Å². The third-order valence-electron chi connectivity index (χ3n) is 3.02. The Morgan fingerprint density at radius 1 is 1.39 bits per heavy atom. The van der Waals surface area contributed by atoms with Crippen LogP contribution in [0.2, 0.25) is 5.02 Å². The molecule has 0 aliphatic heterocycles. The number of halogens is 2. The Kier molecular flexibility index (Phi) is 4.38. The Labute approximate surface area is 116 Å². The fourth-order valence-corrected chi connectivity index (χ4v) is 3.23. The minimum absolute atomic E-state index is 0.123. The predicted molar refractivity (Wildman–Crippen MR) is 76.0 cm³/mol. The van der Waals surface area contributed by atoms with E-state index in [0.717, 1.165) is 0 Å². The van der Waals surface area contributed by atoms with E-state index in [1.54, 1.807) is 29.5 Å². The second-order valence-corrected chi connectivity index (χ2v) is 5.58. The standard InChI is InChI=1S/C14H15ClFNS/c1-9-6-7-18-14(9)12(17-2)8-10-4-3-5-11(15)13(10)16/h3-7,12,17H,8H2,1-2H3. The lowest BCUT2D eigenvalue weighted by Gasteiger charge is -2.16. The SMILES string of the molecule is CNC(Cc1cccc(Cl)c1F)c1sccc1C.